The molecule has 1 amide bonds. The van der Waals surface area contributed by atoms with Crippen LogP contribution < -0.4 is 5.32 Å². The van der Waals surface area contributed by atoms with Gasteiger partial charge in [0.05, 0.1) is 0 Å². The molecule has 0 aliphatic heterocycles. The second-order valence-electron chi connectivity index (χ2n) is 5.48. The number of ether oxygens (including phenoxy) is 1. The van der Waals surface area contributed by atoms with Crippen molar-refractivity contribution in [2.45, 2.75) is 38.8 Å². The summed E-state index contributed by atoms with van der Waals surface area (Å²) in [6.45, 7) is 4.96. The number of alkyl carbamates (subject to hydrolysis) is 1. The molecular weight excluding hydrogens is 301 g/mol. The Morgan fingerprint density at radius 3 is 2.57 bits per heavy atom. The molecule has 1 aromatic carbocycles. The van der Waals surface area contributed by atoms with E-state index >= 15 is 0 Å². The minimum atomic E-state index is -1.31. The van der Waals surface area contributed by atoms with Crippen molar-refractivity contribution < 1.29 is 23.8 Å². The molecule has 1 aromatic rings. The van der Waals surface area contributed by atoms with Crippen LogP contribution in [0.25, 0.3) is 0 Å². The predicted molar refractivity (Wildman–Crippen MR) is 75.9 cm³/mol. The lowest BCUT2D eigenvalue weighted by Crippen LogP contribution is -2.44. The first-order chi connectivity index (χ1) is 9.58. The average molecular weight is 318 g/mol. The molecular formula is C14H17ClFNO4. The molecule has 1 rings (SSSR count). The molecule has 7 heteroatoms. The van der Waals surface area contributed by atoms with Gasteiger partial charge in [0.2, 0.25) is 0 Å². The first-order valence-corrected chi connectivity index (χ1v) is 6.62. The number of benzene rings is 1. The zero-order chi connectivity index (χ0) is 16.2. The van der Waals surface area contributed by atoms with Crippen LogP contribution in [0.15, 0.2) is 18.2 Å². The van der Waals surface area contributed by atoms with Crippen LogP contribution in [0.5, 0.6) is 0 Å². The number of aliphatic carboxylic acids is 1. The third kappa shape index (κ3) is 5.99. The molecule has 0 aromatic heterocycles. The summed E-state index contributed by atoms with van der Waals surface area (Å²) in [4.78, 5) is 22.8. The van der Waals surface area contributed by atoms with Crippen molar-refractivity contribution in [3.63, 3.8) is 0 Å². The number of carbonyl (C=O) groups excluding carboxylic acids is 1. The van der Waals surface area contributed by atoms with E-state index in [2.05, 4.69) is 5.32 Å². The quantitative estimate of drug-likeness (QED) is 0.895. The lowest BCUT2D eigenvalue weighted by Gasteiger charge is -2.22. The molecule has 0 saturated carbocycles. The van der Waals surface area contributed by atoms with Crippen LogP contribution in [-0.2, 0) is 16.0 Å². The number of carboxylic acid groups (broad SMARTS) is 1. The Morgan fingerprint density at radius 2 is 2.05 bits per heavy atom. The highest BCUT2D eigenvalue weighted by Crippen LogP contribution is 2.17. The molecule has 0 aliphatic rings. The lowest BCUT2D eigenvalue weighted by molar-refractivity contribution is -0.139. The largest absolute Gasteiger partial charge is 0.480 e. The van der Waals surface area contributed by atoms with Crippen LogP contribution >= 0.6 is 11.6 Å². The van der Waals surface area contributed by atoms with E-state index in [1.54, 1.807) is 20.8 Å². The van der Waals surface area contributed by atoms with Gasteiger partial charge in [-0.25, -0.2) is 14.0 Å². The summed E-state index contributed by atoms with van der Waals surface area (Å²) >= 11 is 5.75. The average Bonchev–Trinajstić information content (AvgIpc) is 2.30. The normalized spacial score (nSPS) is 12.6. The smallest absolute Gasteiger partial charge is 0.408 e. The molecule has 21 heavy (non-hydrogen) atoms. The fourth-order valence-corrected chi connectivity index (χ4v) is 1.76. The van der Waals surface area contributed by atoms with Crippen molar-refractivity contribution >= 4 is 23.7 Å². The maximum atomic E-state index is 13.6. The zero-order valence-electron chi connectivity index (χ0n) is 11.9. The monoisotopic (exact) mass is 317 g/mol. The highest BCUT2D eigenvalue weighted by molar-refractivity contribution is 6.30. The molecule has 116 valence electrons. The predicted octanol–water partition coefficient (Wildman–Crippen LogP) is 3.00. The Kier molecular flexibility index (Phi) is 5.54. The first kappa shape index (κ1) is 17.2. The summed E-state index contributed by atoms with van der Waals surface area (Å²) in [5.74, 6) is -1.88. The van der Waals surface area contributed by atoms with E-state index < -0.39 is 29.5 Å². The summed E-state index contributed by atoms with van der Waals surface area (Å²) in [6, 6.07) is 2.51. The minimum Gasteiger partial charge on any atom is -0.480 e. The van der Waals surface area contributed by atoms with Crippen molar-refractivity contribution in [2.24, 2.45) is 0 Å². The van der Waals surface area contributed by atoms with Gasteiger partial charge < -0.3 is 15.2 Å². The van der Waals surface area contributed by atoms with E-state index in [9.17, 15) is 14.0 Å². The first-order valence-electron chi connectivity index (χ1n) is 6.25. The fourth-order valence-electron chi connectivity index (χ4n) is 1.57. The van der Waals surface area contributed by atoms with Gasteiger partial charge in [0.25, 0.3) is 0 Å². The van der Waals surface area contributed by atoms with Gasteiger partial charge in [-0.05, 0) is 44.5 Å². The van der Waals surface area contributed by atoms with Gasteiger partial charge in [0, 0.05) is 11.4 Å². The molecule has 0 heterocycles. The van der Waals surface area contributed by atoms with Gasteiger partial charge in [0.15, 0.2) is 0 Å². The summed E-state index contributed by atoms with van der Waals surface area (Å²) < 4.78 is 18.6. The van der Waals surface area contributed by atoms with E-state index in [1.807, 2.05) is 0 Å². The number of rotatable bonds is 4. The number of hydrogen-bond acceptors (Lipinski definition) is 3. The second-order valence-corrected chi connectivity index (χ2v) is 5.91. The number of halogens is 2. The second kappa shape index (κ2) is 6.76. The SMILES string of the molecule is CC(C)(C)OC(=O)N[C@H](Cc1cc(Cl)ccc1F)C(=O)O. The maximum Gasteiger partial charge on any atom is 0.408 e. The van der Waals surface area contributed by atoms with Gasteiger partial charge in [-0.15, -0.1) is 0 Å². The Hall–Kier alpha value is -1.82. The minimum absolute atomic E-state index is 0.103. The Labute approximate surface area is 127 Å². The van der Waals surface area contributed by atoms with E-state index in [4.69, 9.17) is 21.4 Å². The van der Waals surface area contributed by atoms with Crippen molar-refractivity contribution in [3.8, 4) is 0 Å². The Balaban J connectivity index is 2.81. The van der Waals surface area contributed by atoms with Crippen molar-refractivity contribution in [2.75, 3.05) is 0 Å². The van der Waals surface area contributed by atoms with E-state index in [-0.39, 0.29) is 17.0 Å². The van der Waals surface area contributed by atoms with Gasteiger partial charge >= 0.3 is 12.1 Å². The topological polar surface area (TPSA) is 75.6 Å². The molecule has 0 bridgehead atoms. The number of hydrogen-bond donors (Lipinski definition) is 2. The fraction of sp³-hybridized carbons (Fsp3) is 0.429. The van der Waals surface area contributed by atoms with Gasteiger partial charge in [-0.3, -0.25) is 0 Å². The molecule has 0 spiro atoms. The molecule has 0 radical (unpaired) electrons. The molecule has 2 N–H and O–H groups in total. The van der Waals surface area contributed by atoms with E-state index in [0.717, 1.165) is 6.07 Å². The van der Waals surface area contributed by atoms with Crippen molar-refractivity contribution in [1.29, 1.82) is 0 Å². The number of amides is 1. The van der Waals surface area contributed by atoms with Crippen LogP contribution in [0, 0.1) is 5.82 Å². The highest BCUT2D eigenvalue weighted by atomic mass is 35.5. The molecule has 0 unspecified atom stereocenters. The van der Waals surface area contributed by atoms with E-state index in [1.165, 1.54) is 12.1 Å². The van der Waals surface area contributed by atoms with Crippen LogP contribution in [0.2, 0.25) is 5.02 Å². The molecule has 5 nitrogen and oxygen atoms in total. The van der Waals surface area contributed by atoms with Gasteiger partial charge in [0.1, 0.15) is 17.5 Å². The van der Waals surface area contributed by atoms with Gasteiger partial charge in [-0.1, -0.05) is 11.6 Å². The zero-order valence-corrected chi connectivity index (χ0v) is 12.7. The summed E-state index contributed by atoms with van der Waals surface area (Å²) in [5, 5.41) is 11.6. The van der Waals surface area contributed by atoms with E-state index in [0.29, 0.717) is 0 Å². The standard InChI is InChI=1S/C14H17ClFNO4/c1-14(2,3)21-13(20)17-11(12(18)19)7-8-6-9(15)4-5-10(8)16/h4-6,11H,7H2,1-3H3,(H,17,20)(H,18,19)/t11-/m1/s1. The number of nitrogens with one attached hydrogen (secondary N) is 1. The van der Waals surface area contributed by atoms with Crippen molar-refractivity contribution in [3.05, 3.63) is 34.6 Å². The number of carboxylic acids is 1. The summed E-state index contributed by atoms with van der Waals surface area (Å²) in [6.07, 6.45) is -1.11. The van der Waals surface area contributed by atoms with Crippen LogP contribution in [-0.4, -0.2) is 28.8 Å². The molecule has 1 atom stereocenters. The van der Waals surface area contributed by atoms with Crippen LogP contribution in [0.3, 0.4) is 0 Å². The lowest BCUT2D eigenvalue weighted by atomic mass is 10.1. The highest BCUT2D eigenvalue weighted by Gasteiger charge is 2.25. The van der Waals surface area contributed by atoms with Crippen molar-refractivity contribution in [1.82, 2.24) is 5.32 Å². The Bertz CT molecular complexity index is 542. The van der Waals surface area contributed by atoms with Crippen LogP contribution in [0.4, 0.5) is 9.18 Å². The third-order valence-corrected chi connectivity index (χ3v) is 2.66. The van der Waals surface area contributed by atoms with Gasteiger partial charge in [-0.2, -0.15) is 0 Å². The summed E-state index contributed by atoms with van der Waals surface area (Å²) in [5.41, 5.74) is -0.653. The molecule has 0 saturated heterocycles. The number of carbonyl (C=O) groups is 2. The molecule has 0 fully saturated rings. The maximum absolute atomic E-state index is 13.6. The third-order valence-electron chi connectivity index (χ3n) is 2.42. The van der Waals surface area contributed by atoms with Crippen LogP contribution in [0.1, 0.15) is 26.3 Å². The Morgan fingerprint density at radius 1 is 1.43 bits per heavy atom. The molecule has 0 aliphatic carbocycles. The summed E-state index contributed by atoms with van der Waals surface area (Å²) in [7, 11) is 0.